The lowest BCUT2D eigenvalue weighted by atomic mass is 10.0. The number of hydrogen-bond acceptors (Lipinski definition) is 9. The second kappa shape index (κ2) is 9.71. The van der Waals surface area contributed by atoms with E-state index in [2.05, 4.69) is 25.4 Å². The van der Waals surface area contributed by atoms with Gasteiger partial charge in [-0.2, -0.15) is 5.26 Å². The van der Waals surface area contributed by atoms with Crippen LogP contribution in [0.3, 0.4) is 0 Å². The number of aromatic amines is 1. The minimum absolute atomic E-state index is 0.237. The molecular formula is C22H16N6O4S. The van der Waals surface area contributed by atoms with E-state index in [0.29, 0.717) is 21.5 Å². The van der Waals surface area contributed by atoms with Gasteiger partial charge in [-0.25, -0.2) is 9.97 Å². The van der Waals surface area contributed by atoms with Crippen LogP contribution in [0, 0.1) is 11.3 Å². The second-order valence-electron chi connectivity index (χ2n) is 6.75. The molecule has 0 atom stereocenters. The van der Waals surface area contributed by atoms with E-state index in [-0.39, 0.29) is 30.4 Å². The lowest BCUT2D eigenvalue weighted by Gasteiger charge is -2.04. The highest BCUT2D eigenvalue weighted by atomic mass is 32.1. The van der Waals surface area contributed by atoms with Crippen molar-refractivity contribution in [3.63, 3.8) is 0 Å². The van der Waals surface area contributed by atoms with Crippen LogP contribution in [0.5, 0.6) is 5.75 Å². The lowest BCUT2D eigenvalue weighted by Crippen LogP contribution is -2.26. The zero-order valence-corrected chi connectivity index (χ0v) is 17.8. The number of aromatic hydroxyl groups is 1. The highest BCUT2D eigenvalue weighted by Crippen LogP contribution is 2.38. The molecule has 3 heterocycles. The number of rotatable bonds is 7. The number of oxime groups is 1. The fourth-order valence-electron chi connectivity index (χ4n) is 3.00. The number of H-pyrrole nitrogens is 1. The lowest BCUT2D eigenvalue weighted by molar-refractivity contribution is -0.125. The van der Waals surface area contributed by atoms with Gasteiger partial charge < -0.3 is 20.2 Å². The number of hydrogen-bond donors (Lipinski definition) is 3. The highest BCUT2D eigenvalue weighted by molar-refractivity contribution is 7.17. The minimum Gasteiger partial charge on any atom is -0.506 e. The predicted octanol–water partition coefficient (Wildman–Crippen LogP) is 2.29. The summed E-state index contributed by atoms with van der Waals surface area (Å²) in [6.07, 6.45) is 4.46. The third-order valence-electron chi connectivity index (χ3n) is 4.63. The van der Waals surface area contributed by atoms with E-state index < -0.39 is 5.56 Å². The molecule has 0 saturated heterocycles. The monoisotopic (exact) mass is 460 g/mol. The van der Waals surface area contributed by atoms with E-state index in [9.17, 15) is 14.7 Å². The number of nitriles is 1. The van der Waals surface area contributed by atoms with Gasteiger partial charge in [-0.3, -0.25) is 9.59 Å². The molecule has 1 amide bonds. The Morgan fingerprint density at radius 3 is 2.88 bits per heavy atom. The number of nitrogens with zero attached hydrogens (tertiary/aromatic N) is 4. The second-order valence-corrected chi connectivity index (χ2v) is 7.63. The van der Waals surface area contributed by atoms with Crippen molar-refractivity contribution in [2.24, 2.45) is 5.16 Å². The molecule has 1 aromatic carbocycles. The normalized spacial score (nSPS) is 10.9. The van der Waals surface area contributed by atoms with Crippen molar-refractivity contribution in [2.75, 3.05) is 6.61 Å². The molecule has 0 aliphatic rings. The first-order chi connectivity index (χ1) is 16.1. The van der Waals surface area contributed by atoms with Gasteiger partial charge in [-0.15, -0.1) is 11.3 Å². The molecule has 0 bridgehead atoms. The van der Waals surface area contributed by atoms with Crippen molar-refractivity contribution in [2.45, 2.75) is 6.54 Å². The summed E-state index contributed by atoms with van der Waals surface area (Å²) in [5, 5.41) is 28.2. The van der Waals surface area contributed by atoms with Gasteiger partial charge in [-0.05, 0) is 17.2 Å². The number of amides is 1. The average molecular weight is 460 g/mol. The van der Waals surface area contributed by atoms with Gasteiger partial charge in [0.25, 0.3) is 11.5 Å². The molecule has 4 rings (SSSR count). The maximum atomic E-state index is 11.9. The standard InChI is InChI=1S/C22H16N6O4S/c23-7-16-20(30)19-17(11-33-22(19)28-21(16)31)14-3-1-13(2-4-14)8-27-32-10-18(29)25-9-15-5-6-24-12-26-15/h1-6,8,11-12H,9-10H2,(H,25,29)(H2,28,30,31). The van der Waals surface area contributed by atoms with Crippen molar-refractivity contribution >= 4 is 33.7 Å². The number of carbonyl (C=O) groups is 1. The highest BCUT2D eigenvalue weighted by Gasteiger charge is 2.17. The molecule has 164 valence electrons. The van der Waals surface area contributed by atoms with Crippen LogP contribution in [-0.4, -0.2) is 38.8 Å². The molecule has 10 nitrogen and oxygen atoms in total. The van der Waals surface area contributed by atoms with Crippen LogP contribution in [0.1, 0.15) is 16.8 Å². The van der Waals surface area contributed by atoms with Gasteiger partial charge in [0.05, 0.1) is 23.8 Å². The smallest absolute Gasteiger partial charge is 0.270 e. The number of thiophene rings is 1. The van der Waals surface area contributed by atoms with Crippen molar-refractivity contribution in [3.05, 3.63) is 75.4 Å². The van der Waals surface area contributed by atoms with E-state index in [1.54, 1.807) is 35.8 Å². The molecule has 0 saturated carbocycles. The van der Waals surface area contributed by atoms with Crippen LogP contribution in [-0.2, 0) is 16.2 Å². The molecule has 3 N–H and O–H groups in total. The Kier molecular flexibility index (Phi) is 6.38. The van der Waals surface area contributed by atoms with Crippen LogP contribution in [0.25, 0.3) is 21.3 Å². The summed E-state index contributed by atoms with van der Waals surface area (Å²) < 4.78 is 0. The fraction of sp³-hybridized carbons (Fsp3) is 0.0909. The van der Waals surface area contributed by atoms with E-state index >= 15 is 0 Å². The maximum Gasteiger partial charge on any atom is 0.270 e. The zero-order chi connectivity index (χ0) is 23.2. The fourth-order valence-corrected chi connectivity index (χ4v) is 3.97. The third-order valence-corrected chi connectivity index (χ3v) is 5.53. The van der Waals surface area contributed by atoms with Crippen LogP contribution < -0.4 is 10.9 Å². The molecule has 4 aromatic rings. The quantitative estimate of drug-likeness (QED) is 0.282. The molecule has 11 heteroatoms. The summed E-state index contributed by atoms with van der Waals surface area (Å²) in [4.78, 5) is 39.6. The molecule has 0 aliphatic heterocycles. The number of benzene rings is 1. The first-order valence-corrected chi connectivity index (χ1v) is 10.5. The van der Waals surface area contributed by atoms with Gasteiger partial charge in [0.2, 0.25) is 0 Å². The van der Waals surface area contributed by atoms with Crippen molar-refractivity contribution in [1.82, 2.24) is 20.3 Å². The summed E-state index contributed by atoms with van der Waals surface area (Å²) in [5.74, 6) is -0.662. The third kappa shape index (κ3) is 4.86. The Bertz CT molecular complexity index is 1420. The van der Waals surface area contributed by atoms with E-state index in [1.165, 1.54) is 23.9 Å². The average Bonchev–Trinajstić information content (AvgIpc) is 3.26. The SMILES string of the molecule is N#Cc1c(O)c2c(-c3ccc(C=NOCC(=O)NCc4ccncn4)cc3)csc2[nH]c1=O. The summed E-state index contributed by atoms with van der Waals surface area (Å²) >= 11 is 1.27. The molecule has 0 radical (unpaired) electrons. The molecule has 0 fully saturated rings. The maximum absolute atomic E-state index is 11.9. The Morgan fingerprint density at radius 2 is 2.15 bits per heavy atom. The Labute approximate surface area is 190 Å². The van der Waals surface area contributed by atoms with Gasteiger partial charge >= 0.3 is 0 Å². The molecular weight excluding hydrogens is 444 g/mol. The van der Waals surface area contributed by atoms with Gasteiger partial charge in [-0.1, -0.05) is 29.4 Å². The number of nitrogens with one attached hydrogen (secondary N) is 2. The Balaban J connectivity index is 1.38. The van der Waals surface area contributed by atoms with E-state index in [0.717, 1.165) is 11.1 Å². The zero-order valence-electron chi connectivity index (χ0n) is 17.0. The first-order valence-electron chi connectivity index (χ1n) is 9.60. The van der Waals surface area contributed by atoms with Crippen LogP contribution in [0.15, 0.2) is 58.2 Å². The van der Waals surface area contributed by atoms with Gasteiger partial charge in [0, 0.05) is 17.1 Å². The van der Waals surface area contributed by atoms with Crippen LogP contribution in [0.4, 0.5) is 0 Å². The van der Waals surface area contributed by atoms with Crippen molar-refractivity contribution in [3.8, 4) is 22.9 Å². The summed E-state index contributed by atoms with van der Waals surface area (Å²) in [7, 11) is 0. The van der Waals surface area contributed by atoms with E-state index in [4.69, 9.17) is 10.1 Å². The minimum atomic E-state index is -0.620. The molecule has 0 spiro atoms. The number of pyridine rings is 1. The number of aromatic nitrogens is 3. The topological polar surface area (TPSA) is 153 Å². The molecule has 0 unspecified atom stereocenters. The summed E-state index contributed by atoms with van der Waals surface area (Å²) in [6.45, 7) is 0.0335. The number of carbonyl (C=O) groups excluding carboxylic acids is 1. The van der Waals surface area contributed by atoms with Crippen LogP contribution in [0.2, 0.25) is 0 Å². The predicted molar refractivity (Wildman–Crippen MR) is 122 cm³/mol. The van der Waals surface area contributed by atoms with Crippen LogP contribution >= 0.6 is 11.3 Å². The van der Waals surface area contributed by atoms with Gasteiger partial charge in [0.15, 0.2) is 12.2 Å². The van der Waals surface area contributed by atoms with E-state index in [1.807, 2.05) is 12.1 Å². The van der Waals surface area contributed by atoms with Crippen molar-refractivity contribution in [1.29, 1.82) is 5.26 Å². The number of fused-ring (bicyclic) bond motifs is 1. The Morgan fingerprint density at radius 1 is 1.33 bits per heavy atom. The summed E-state index contributed by atoms with van der Waals surface area (Å²) in [6, 6.07) is 10.6. The van der Waals surface area contributed by atoms with Crippen molar-refractivity contribution < 1.29 is 14.7 Å². The molecule has 3 aromatic heterocycles. The largest absolute Gasteiger partial charge is 0.506 e. The molecule has 0 aliphatic carbocycles. The summed E-state index contributed by atoms with van der Waals surface area (Å²) in [5.41, 5.74) is 1.96. The van der Waals surface area contributed by atoms with Gasteiger partial charge in [0.1, 0.15) is 23.0 Å². The first kappa shape index (κ1) is 21.7. The Hall–Kier alpha value is -4.56. The molecule has 33 heavy (non-hydrogen) atoms.